The van der Waals surface area contributed by atoms with Gasteiger partial charge in [-0.1, -0.05) is 71.8 Å². The number of nitrogens with zero attached hydrogens (tertiary/aromatic N) is 2. The van der Waals surface area contributed by atoms with E-state index in [-0.39, 0.29) is 36.2 Å². The monoisotopic (exact) mass is 717 g/mol. The number of hydrogen-bond donors (Lipinski definition) is 2. The SMILES string of the molecule is COc1cc(C=CC2C3=CCC4C(=O)N(c5ccccc5)C(=O)C4C3CC3C(=O)N(Nc4ccc(F)cc4)C(=O)C23c2ccc(Cl)cc2)ccc1O. The van der Waals surface area contributed by atoms with E-state index >= 15 is 4.79 Å². The van der Waals surface area contributed by atoms with Crippen LogP contribution in [-0.4, -0.2) is 40.9 Å². The van der Waals surface area contributed by atoms with E-state index < -0.39 is 52.6 Å². The van der Waals surface area contributed by atoms with Gasteiger partial charge < -0.3 is 9.84 Å². The Bertz CT molecular complexity index is 2170. The average molecular weight is 718 g/mol. The molecule has 8 rings (SSSR count). The molecule has 2 saturated heterocycles. The lowest BCUT2D eigenvalue weighted by atomic mass is 9.50. The van der Waals surface area contributed by atoms with Crippen LogP contribution < -0.4 is 15.1 Å². The second kappa shape index (κ2) is 12.8. The van der Waals surface area contributed by atoms with Crippen molar-refractivity contribution in [2.75, 3.05) is 17.4 Å². The summed E-state index contributed by atoms with van der Waals surface area (Å²) in [7, 11) is 1.45. The van der Waals surface area contributed by atoms with Gasteiger partial charge in [0.1, 0.15) is 5.82 Å². The first-order valence-electron chi connectivity index (χ1n) is 17.0. The van der Waals surface area contributed by atoms with Gasteiger partial charge in [0.2, 0.25) is 11.8 Å². The summed E-state index contributed by atoms with van der Waals surface area (Å²) in [6.07, 6.45) is 6.06. The molecular weight excluding hydrogens is 685 g/mol. The number of allylic oxidation sites excluding steroid dienone is 3. The number of amides is 4. The van der Waals surface area contributed by atoms with Gasteiger partial charge in [0.05, 0.1) is 41.7 Å². The van der Waals surface area contributed by atoms with E-state index in [1.165, 1.54) is 42.3 Å². The zero-order chi connectivity index (χ0) is 36.3. The van der Waals surface area contributed by atoms with Crippen molar-refractivity contribution in [1.29, 1.82) is 0 Å². The third-order valence-corrected chi connectivity index (χ3v) is 11.3. The molecule has 2 heterocycles. The number of anilines is 2. The lowest BCUT2D eigenvalue weighted by molar-refractivity contribution is -0.139. The maximum Gasteiger partial charge on any atom is 0.260 e. The highest BCUT2D eigenvalue weighted by molar-refractivity contribution is 6.30. The first kappa shape index (κ1) is 33.4. The topological polar surface area (TPSA) is 116 Å². The van der Waals surface area contributed by atoms with Crippen LogP contribution in [0.25, 0.3) is 6.08 Å². The third-order valence-electron chi connectivity index (χ3n) is 11.0. The molecule has 2 N–H and O–H groups in total. The minimum Gasteiger partial charge on any atom is -0.504 e. The molecule has 6 atom stereocenters. The fraction of sp³-hybridized carbons (Fsp3) is 0.220. The molecule has 9 nitrogen and oxygen atoms in total. The number of hydrogen-bond acceptors (Lipinski definition) is 7. The van der Waals surface area contributed by atoms with Crippen molar-refractivity contribution in [3.8, 4) is 11.5 Å². The van der Waals surface area contributed by atoms with Crippen molar-refractivity contribution < 1.29 is 33.4 Å². The second-order valence-electron chi connectivity index (χ2n) is 13.6. The van der Waals surface area contributed by atoms with Crippen molar-refractivity contribution >= 4 is 52.7 Å². The van der Waals surface area contributed by atoms with E-state index in [9.17, 15) is 23.9 Å². The van der Waals surface area contributed by atoms with Gasteiger partial charge >= 0.3 is 0 Å². The summed E-state index contributed by atoms with van der Waals surface area (Å²) in [5, 5.41) is 11.7. The van der Waals surface area contributed by atoms with Crippen molar-refractivity contribution in [2.24, 2.45) is 29.6 Å². The molecule has 2 aliphatic carbocycles. The van der Waals surface area contributed by atoms with Crippen LogP contribution in [0.3, 0.4) is 0 Å². The zero-order valence-corrected chi connectivity index (χ0v) is 28.7. The van der Waals surface area contributed by atoms with Crippen LogP contribution >= 0.6 is 11.6 Å². The van der Waals surface area contributed by atoms with E-state index in [2.05, 4.69) is 5.43 Å². The van der Waals surface area contributed by atoms with Gasteiger partial charge in [-0.05, 0) is 90.6 Å². The maximum atomic E-state index is 15.1. The summed E-state index contributed by atoms with van der Waals surface area (Å²) >= 11 is 6.35. The average Bonchev–Trinajstić information content (AvgIpc) is 3.53. The molecule has 1 saturated carbocycles. The molecule has 3 fully saturated rings. The Morgan fingerprint density at radius 3 is 2.35 bits per heavy atom. The van der Waals surface area contributed by atoms with Crippen LogP contribution in [-0.2, 0) is 24.6 Å². The predicted molar refractivity (Wildman–Crippen MR) is 192 cm³/mol. The van der Waals surface area contributed by atoms with E-state index in [4.69, 9.17) is 16.3 Å². The molecule has 4 aromatic carbocycles. The Balaban J connectivity index is 1.30. The van der Waals surface area contributed by atoms with Gasteiger partial charge in [0.25, 0.3) is 11.8 Å². The lowest BCUT2D eigenvalue weighted by Crippen LogP contribution is -2.54. The van der Waals surface area contributed by atoms with Crippen LogP contribution in [0.5, 0.6) is 11.5 Å². The fourth-order valence-corrected chi connectivity index (χ4v) is 8.86. The number of para-hydroxylation sites is 1. The highest BCUT2D eigenvalue weighted by Gasteiger charge is 2.69. The summed E-state index contributed by atoms with van der Waals surface area (Å²) in [6.45, 7) is 0. The number of aromatic hydroxyl groups is 1. The van der Waals surface area contributed by atoms with Crippen LogP contribution in [0.4, 0.5) is 15.8 Å². The molecule has 262 valence electrons. The summed E-state index contributed by atoms with van der Waals surface area (Å²) in [6, 6.07) is 25.9. The molecule has 6 unspecified atom stereocenters. The smallest absolute Gasteiger partial charge is 0.260 e. The highest BCUT2D eigenvalue weighted by atomic mass is 35.5. The molecule has 4 amide bonds. The number of methoxy groups -OCH3 is 1. The molecule has 52 heavy (non-hydrogen) atoms. The van der Waals surface area contributed by atoms with E-state index in [1.807, 2.05) is 24.3 Å². The van der Waals surface area contributed by atoms with E-state index in [1.54, 1.807) is 60.7 Å². The van der Waals surface area contributed by atoms with Crippen LogP contribution in [0.15, 0.2) is 115 Å². The van der Waals surface area contributed by atoms with Crippen LogP contribution in [0.1, 0.15) is 24.0 Å². The van der Waals surface area contributed by atoms with Gasteiger partial charge in [-0.2, -0.15) is 5.01 Å². The second-order valence-corrected chi connectivity index (χ2v) is 14.0. The Hall–Kier alpha value is -5.74. The first-order valence-corrected chi connectivity index (χ1v) is 17.4. The summed E-state index contributed by atoms with van der Waals surface area (Å²) in [5.41, 5.74) is 4.28. The highest BCUT2D eigenvalue weighted by Crippen LogP contribution is 2.61. The van der Waals surface area contributed by atoms with Gasteiger partial charge in [-0.15, -0.1) is 0 Å². The number of carbonyl (C=O) groups excluding carboxylic acids is 4. The number of halogens is 2. The van der Waals surface area contributed by atoms with Crippen LogP contribution in [0.2, 0.25) is 5.02 Å². The van der Waals surface area contributed by atoms with E-state index in [0.717, 1.165) is 10.6 Å². The standard InChI is InChI=1S/C41H33ClFN3O6/c1-52-35-21-23(8-20-34(35)47)7-19-32-29-17-18-30-36(39(50)45(37(30)48)28-5-3-2-4-6-28)31(29)22-33-38(49)46(44-27-15-13-26(43)14-16-27)40(51)41(32,33)24-9-11-25(42)12-10-24/h2-17,19-21,30-33,36,44,47H,18,22H2,1H3. The molecule has 0 spiro atoms. The fourth-order valence-electron chi connectivity index (χ4n) is 8.74. The lowest BCUT2D eigenvalue weighted by Gasteiger charge is -2.49. The van der Waals surface area contributed by atoms with Crippen molar-refractivity contribution in [3.05, 3.63) is 137 Å². The maximum absolute atomic E-state index is 15.1. The number of benzene rings is 4. The predicted octanol–water partition coefficient (Wildman–Crippen LogP) is 6.93. The normalized spacial score (nSPS) is 26.7. The van der Waals surface area contributed by atoms with Crippen molar-refractivity contribution in [1.82, 2.24) is 5.01 Å². The number of hydrazine groups is 1. The quantitative estimate of drug-likeness (QED) is 0.157. The summed E-state index contributed by atoms with van der Waals surface area (Å²) in [5.74, 6) is -5.55. The van der Waals surface area contributed by atoms with Crippen molar-refractivity contribution in [3.63, 3.8) is 0 Å². The minimum absolute atomic E-state index is 0.0393. The van der Waals surface area contributed by atoms with Gasteiger partial charge in [0, 0.05) is 10.9 Å². The van der Waals surface area contributed by atoms with Crippen LogP contribution in [0, 0.1) is 35.4 Å². The molecule has 0 aromatic heterocycles. The molecule has 2 aliphatic heterocycles. The first-order chi connectivity index (χ1) is 25.1. The number of rotatable bonds is 7. The molecule has 4 aliphatic rings. The number of carbonyl (C=O) groups is 4. The molecule has 4 aromatic rings. The van der Waals surface area contributed by atoms with Crippen molar-refractivity contribution in [2.45, 2.75) is 18.3 Å². The Morgan fingerprint density at radius 2 is 1.63 bits per heavy atom. The summed E-state index contributed by atoms with van der Waals surface area (Å²) in [4.78, 5) is 59.3. The number of fused-ring (bicyclic) bond motifs is 4. The van der Waals surface area contributed by atoms with Gasteiger partial charge in [-0.25, -0.2) is 4.39 Å². The molecular formula is C41H33ClFN3O6. The van der Waals surface area contributed by atoms with E-state index in [0.29, 0.717) is 27.5 Å². The Morgan fingerprint density at radius 1 is 0.904 bits per heavy atom. The minimum atomic E-state index is -1.49. The Kier molecular flexibility index (Phi) is 8.22. The van der Waals surface area contributed by atoms with Gasteiger partial charge in [-0.3, -0.25) is 29.5 Å². The summed E-state index contributed by atoms with van der Waals surface area (Å²) < 4.78 is 19.2. The third kappa shape index (κ3) is 5.11. The van der Waals surface area contributed by atoms with Gasteiger partial charge in [0.15, 0.2) is 11.5 Å². The molecule has 0 radical (unpaired) electrons. The number of nitrogens with one attached hydrogen (secondary N) is 1. The largest absolute Gasteiger partial charge is 0.504 e. The molecule has 11 heteroatoms. The Labute approximate surface area is 303 Å². The number of phenols is 1. The number of ether oxygens (including phenoxy) is 1. The number of imide groups is 2. The zero-order valence-electron chi connectivity index (χ0n) is 27.9. The number of phenolic OH excluding ortho intramolecular Hbond substituents is 1. The molecule has 0 bridgehead atoms.